The Morgan fingerprint density at radius 2 is 1.83 bits per heavy atom. The van der Waals surface area contributed by atoms with Crippen LogP contribution in [0.15, 0.2) is 54.1 Å². The molecule has 0 saturated heterocycles. The van der Waals surface area contributed by atoms with E-state index in [-0.39, 0.29) is 12.2 Å². The summed E-state index contributed by atoms with van der Waals surface area (Å²) in [6.07, 6.45) is 1.43. The Balaban J connectivity index is 2.20. The summed E-state index contributed by atoms with van der Waals surface area (Å²) in [5, 5.41) is 9.25. The van der Waals surface area contributed by atoms with Crippen LogP contribution in [0, 0.1) is 11.3 Å². The lowest BCUT2D eigenvalue weighted by atomic mass is 10.1. The second-order valence-corrected chi connectivity index (χ2v) is 4.81. The Hall–Kier alpha value is -3.26. The highest BCUT2D eigenvalue weighted by Crippen LogP contribution is 2.32. The van der Waals surface area contributed by atoms with Gasteiger partial charge in [0.15, 0.2) is 11.5 Å². The molecule has 0 aliphatic carbocycles. The number of esters is 1. The van der Waals surface area contributed by atoms with Crippen LogP contribution >= 0.6 is 0 Å². The van der Waals surface area contributed by atoms with Gasteiger partial charge in [-0.2, -0.15) is 5.26 Å². The molecule has 5 nitrogen and oxygen atoms in total. The van der Waals surface area contributed by atoms with E-state index in [1.165, 1.54) is 20.3 Å². The van der Waals surface area contributed by atoms with E-state index in [0.29, 0.717) is 17.1 Å². The number of carbonyl (C=O) groups excluding carboxylic acids is 1. The minimum Gasteiger partial charge on any atom is -0.493 e. The molecule has 0 atom stereocenters. The Labute approximate surface area is 140 Å². The van der Waals surface area contributed by atoms with Crippen LogP contribution in [0.5, 0.6) is 11.5 Å². The fraction of sp³-hybridized carbons (Fsp3) is 0.158. The number of nitrogens with zero attached hydrogens (tertiary/aromatic N) is 1. The van der Waals surface area contributed by atoms with Crippen molar-refractivity contribution in [2.75, 3.05) is 14.2 Å². The SMILES string of the molecule is COc1cccc(/C=C(/C#N)C(=O)OCc2ccccc2)c1OC. The van der Waals surface area contributed by atoms with Crippen LogP contribution in [-0.4, -0.2) is 20.2 Å². The molecule has 0 spiro atoms. The molecule has 2 aromatic carbocycles. The molecule has 122 valence electrons. The second kappa shape index (κ2) is 8.39. The Morgan fingerprint density at radius 3 is 2.46 bits per heavy atom. The van der Waals surface area contributed by atoms with Crippen LogP contribution in [0.2, 0.25) is 0 Å². The smallest absolute Gasteiger partial charge is 0.349 e. The third-order valence-electron chi connectivity index (χ3n) is 3.29. The first-order valence-electron chi connectivity index (χ1n) is 7.23. The van der Waals surface area contributed by atoms with Crippen molar-refractivity contribution in [3.05, 3.63) is 65.2 Å². The third-order valence-corrected chi connectivity index (χ3v) is 3.29. The zero-order valence-electron chi connectivity index (χ0n) is 13.5. The highest BCUT2D eigenvalue weighted by molar-refractivity contribution is 5.98. The molecule has 24 heavy (non-hydrogen) atoms. The minimum atomic E-state index is -0.689. The Morgan fingerprint density at radius 1 is 1.08 bits per heavy atom. The summed E-state index contributed by atoms with van der Waals surface area (Å²) in [5.41, 5.74) is 1.30. The summed E-state index contributed by atoms with van der Waals surface area (Å²) in [4.78, 5) is 12.1. The molecule has 0 aliphatic rings. The van der Waals surface area contributed by atoms with Gasteiger partial charge < -0.3 is 14.2 Å². The molecule has 2 rings (SSSR count). The fourth-order valence-corrected chi connectivity index (χ4v) is 2.12. The quantitative estimate of drug-likeness (QED) is 0.463. The van der Waals surface area contributed by atoms with Gasteiger partial charge in [-0.15, -0.1) is 0 Å². The number of carbonyl (C=O) groups is 1. The number of benzene rings is 2. The van der Waals surface area contributed by atoms with Crippen molar-refractivity contribution in [3.8, 4) is 17.6 Å². The molecule has 0 radical (unpaired) electrons. The molecular weight excluding hydrogens is 306 g/mol. The zero-order valence-corrected chi connectivity index (χ0v) is 13.5. The van der Waals surface area contributed by atoms with Gasteiger partial charge >= 0.3 is 5.97 Å². The fourth-order valence-electron chi connectivity index (χ4n) is 2.12. The van der Waals surface area contributed by atoms with Gasteiger partial charge in [0.1, 0.15) is 18.2 Å². The first-order chi connectivity index (χ1) is 11.7. The van der Waals surface area contributed by atoms with Crippen LogP contribution in [0.25, 0.3) is 6.08 Å². The lowest BCUT2D eigenvalue weighted by Crippen LogP contribution is -2.07. The van der Waals surface area contributed by atoms with Crippen molar-refractivity contribution >= 4 is 12.0 Å². The number of rotatable bonds is 6. The number of ether oxygens (including phenoxy) is 3. The maximum atomic E-state index is 12.1. The predicted octanol–water partition coefficient (Wildman–Crippen LogP) is 3.35. The summed E-state index contributed by atoms with van der Waals surface area (Å²) in [6, 6.07) is 16.3. The van der Waals surface area contributed by atoms with E-state index in [1.54, 1.807) is 18.2 Å². The zero-order chi connectivity index (χ0) is 17.4. The summed E-state index contributed by atoms with van der Waals surface area (Å²) < 4.78 is 15.7. The van der Waals surface area contributed by atoms with E-state index in [0.717, 1.165) is 5.56 Å². The standard InChI is InChI=1S/C19H17NO4/c1-22-17-10-6-9-15(18(17)23-2)11-16(12-20)19(21)24-13-14-7-4-3-5-8-14/h3-11H,13H2,1-2H3/b16-11-. The Bertz CT molecular complexity index is 776. The molecule has 0 N–H and O–H groups in total. The van der Waals surface area contributed by atoms with E-state index in [1.807, 2.05) is 36.4 Å². The highest BCUT2D eigenvalue weighted by atomic mass is 16.5. The number of para-hydroxylation sites is 1. The van der Waals surface area contributed by atoms with Gasteiger partial charge in [0.25, 0.3) is 0 Å². The number of nitriles is 1. The first kappa shape index (κ1) is 17.1. The molecule has 0 amide bonds. The number of hydrogen-bond donors (Lipinski definition) is 0. The average Bonchev–Trinajstić information content (AvgIpc) is 2.64. The van der Waals surface area contributed by atoms with Crippen LogP contribution in [0.1, 0.15) is 11.1 Å². The van der Waals surface area contributed by atoms with E-state index in [9.17, 15) is 10.1 Å². The third kappa shape index (κ3) is 4.14. The Kier molecular flexibility index (Phi) is 5.98. The monoisotopic (exact) mass is 323 g/mol. The van der Waals surface area contributed by atoms with E-state index in [4.69, 9.17) is 14.2 Å². The average molecular weight is 323 g/mol. The van der Waals surface area contributed by atoms with Gasteiger partial charge in [-0.3, -0.25) is 0 Å². The van der Waals surface area contributed by atoms with Gasteiger partial charge in [-0.25, -0.2) is 4.79 Å². The molecule has 2 aromatic rings. The summed E-state index contributed by atoms with van der Waals surface area (Å²) in [6.45, 7) is 0.105. The van der Waals surface area contributed by atoms with E-state index in [2.05, 4.69) is 0 Å². The number of hydrogen-bond acceptors (Lipinski definition) is 5. The number of methoxy groups -OCH3 is 2. The van der Waals surface area contributed by atoms with Gasteiger partial charge in [0, 0.05) is 5.56 Å². The summed E-state index contributed by atoms with van der Waals surface area (Å²) in [7, 11) is 3.01. The molecule has 0 fully saturated rings. The van der Waals surface area contributed by atoms with Gasteiger partial charge in [0.05, 0.1) is 14.2 Å². The van der Waals surface area contributed by atoms with Crippen LogP contribution in [0.4, 0.5) is 0 Å². The van der Waals surface area contributed by atoms with Crippen molar-refractivity contribution in [1.29, 1.82) is 5.26 Å². The highest BCUT2D eigenvalue weighted by Gasteiger charge is 2.14. The van der Waals surface area contributed by atoms with E-state index >= 15 is 0 Å². The maximum absolute atomic E-state index is 12.1. The first-order valence-corrected chi connectivity index (χ1v) is 7.23. The lowest BCUT2D eigenvalue weighted by molar-refractivity contribution is -0.139. The second-order valence-electron chi connectivity index (χ2n) is 4.81. The van der Waals surface area contributed by atoms with Gasteiger partial charge in [-0.05, 0) is 17.7 Å². The summed E-state index contributed by atoms with van der Waals surface area (Å²) >= 11 is 0. The molecule has 5 heteroatoms. The topological polar surface area (TPSA) is 68.5 Å². The lowest BCUT2D eigenvalue weighted by Gasteiger charge is -2.10. The minimum absolute atomic E-state index is 0.105. The van der Waals surface area contributed by atoms with Crippen LogP contribution in [0.3, 0.4) is 0 Å². The van der Waals surface area contributed by atoms with Crippen molar-refractivity contribution in [1.82, 2.24) is 0 Å². The van der Waals surface area contributed by atoms with Gasteiger partial charge in [0.2, 0.25) is 0 Å². The summed E-state index contributed by atoms with van der Waals surface area (Å²) in [5.74, 6) is 0.274. The van der Waals surface area contributed by atoms with Crippen molar-refractivity contribution in [3.63, 3.8) is 0 Å². The molecule has 0 aliphatic heterocycles. The van der Waals surface area contributed by atoms with Crippen LogP contribution in [-0.2, 0) is 16.1 Å². The molecule has 0 unspecified atom stereocenters. The molecule has 0 heterocycles. The van der Waals surface area contributed by atoms with Crippen molar-refractivity contribution in [2.45, 2.75) is 6.61 Å². The molecular formula is C19H17NO4. The largest absolute Gasteiger partial charge is 0.493 e. The predicted molar refractivity (Wildman–Crippen MR) is 89.4 cm³/mol. The molecule has 0 saturated carbocycles. The van der Waals surface area contributed by atoms with Crippen molar-refractivity contribution in [2.24, 2.45) is 0 Å². The molecule has 0 aromatic heterocycles. The normalized spacial score (nSPS) is 10.6. The van der Waals surface area contributed by atoms with E-state index < -0.39 is 5.97 Å². The van der Waals surface area contributed by atoms with Crippen molar-refractivity contribution < 1.29 is 19.0 Å². The van der Waals surface area contributed by atoms with Crippen LogP contribution < -0.4 is 9.47 Å². The van der Waals surface area contributed by atoms with Gasteiger partial charge in [-0.1, -0.05) is 42.5 Å². The molecule has 0 bridgehead atoms. The maximum Gasteiger partial charge on any atom is 0.349 e.